The average Bonchev–Trinajstić information content (AvgIpc) is 2.60. The smallest absolute Gasteiger partial charge is 0.337 e. The molecule has 0 radical (unpaired) electrons. The normalized spacial score (nSPS) is 20.3. The number of hydrogen-bond donors (Lipinski definition) is 2. The second kappa shape index (κ2) is 6.30. The van der Waals surface area contributed by atoms with E-state index in [1.54, 1.807) is 0 Å². The van der Waals surface area contributed by atoms with Crippen molar-refractivity contribution in [1.82, 2.24) is 4.90 Å². The quantitative estimate of drug-likeness (QED) is 0.835. The lowest BCUT2D eigenvalue weighted by molar-refractivity contribution is 0.0698. The van der Waals surface area contributed by atoms with Gasteiger partial charge in [-0.3, -0.25) is 0 Å². The molecule has 0 bridgehead atoms. The summed E-state index contributed by atoms with van der Waals surface area (Å²) >= 11 is 0. The van der Waals surface area contributed by atoms with Gasteiger partial charge in [0.15, 0.2) is 0 Å². The Labute approximate surface area is 124 Å². The highest BCUT2D eigenvalue weighted by atomic mass is 19.1. The fraction of sp³-hybridized carbons (Fsp3) is 0.533. The van der Waals surface area contributed by atoms with Crippen molar-refractivity contribution in [2.24, 2.45) is 0 Å². The van der Waals surface area contributed by atoms with Crippen molar-refractivity contribution in [3.63, 3.8) is 0 Å². The second-order valence-corrected chi connectivity index (χ2v) is 5.57. The molecular weight excluding hydrogens is 273 g/mol. The van der Waals surface area contributed by atoms with Crippen LogP contribution in [0.2, 0.25) is 0 Å². The van der Waals surface area contributed by atoms with Gasteiger partial charge in [-0.2, -0.15) is 0 Å². The van der Waals surface area contributed by atoms with Crippen LogP contribution in [0.4, 0.5) is 15.8 Å². The Morgan fingerprint density at radius 3 is 2.81 bits per heavy atom. The third kappa shape index (κ3) is 3.26. The van der Waals surface area contributed by atoms with Crippen molar-refractivity contribution in [1.29, 1.82) is 0 Å². The number of nitrogen functional groups attached to an aromatic ring is 1. The molecule has 1 saturated heterocycles. The van der Waals surface area contributed by atoms with Crippen LogP contribution in [0.5, 0.6) is 0 Å². The maximum absolute atomic E-state index is 14.3. The number of nitrogens with zero attached hydrogens (tertiary/aromatic N) is 2. The summed E-state index contributed by atoms with van der Waals surface area (Å²) in [5.41, 5.74) is 5.85. The second-order valence-electron chi connectivity index (χ2n) is 5.57. The molecule has 6 heteroatoms. The van der Waals surface area contributed by atoms with E-state index < -0.39 is 11.8 Å². The number of halogens is 1. The lowest BCUT2D eigenvalue weighted by Crippen LogP contribution is -2.40. The summed E-state index contributed by atoms with van der Waals surface area (Å²) in [6.07, 6.45) is 1.79. The average molecular weight is 295 g/mol. The number of carboxylic acids is 1. The van der Waals surface area contributed by atoms with Crippen LogP contribution in [0, 0.1) is 5.82 Å². The fourth-order valence-electron chi connectivity index (χ4n) is 2.89. The molecule has 0 aliphatic carbocycles. The summed E-state index contributed by atoms with van der Waals surface area (Å²) in [6.45, 7) is 4.56. The first-order chi connectivity index (χ1) is 9.93. The molecule has 0 aromatic heterocycles. The zero-order valence-corrected chi connectivity index (χ0v) is 12.5. The van der Waals surface area contributed by atoms with E-state index >= 15 is 0 Å². The summed E-state index contributed by atoms with van der Waals surface area (Å²) in [4.78, 5) is 15.4. The highest BCUT2D eigenvalue weighted by Gasteiger charge is 2.26. The van der Waals surface area contributed by atoms with Crippen LogP contribution in [-0.4, -0.2) is 48.7 Å². The van der Waals surface area contributed by atoms with Crippen LogP contribution in [0.15, 0.2) is 12.1 Å². The van der Waals surface area contributed by atoms with Gasteiger partial charge < -0.3 is 20.6 Å². The molecule has 1 aromatic carbocycles. The number of benzene rings is 1. The van der Waals surface area contributed by atoms with E-state index in [9.17, 15) is 14.3 Å². The minimum Gasteiger partial charge on any atom is -0.478 e. The third-order valence-electron chi connectivity index (χ3n) is 4.03. The topological polar surface area (TPSA) is 69.8 Å². The van der Waals surface area contributed by atoms with Crippen molar-refractivity contribution in [3.8, 4) is 0 Å². The number of rotatable bonds is 3. The molecule has 116 valence electrons. The largest absolute Gasteiger partial charge is 0.478 e. The van der Waals surface area contributed by atoms with E-state index in [0.29, 0.717) is 12.2 Å². The molecule has 0 amide bonds. The molecule has 21 heavy (non-hydrogen) atoms. The lowest BCUT2D eigenvalue weighted by atomic mass is 10.1. The Hall–Kier alpha value is -1.82. The Morgan fingerprint density at radius 1 is 1.48 bits per heavy atom. The van der Waals surface area contributed by atoms with Crippen molar-refractivity contribution < 1.29 is 14.3 Å². The highest BCUT2D eigenvalue weighted by molar-refractivity contribution is 5.95. The molecule has 0 spiro atoms. The molecule has 1 atom stereocenters. The number of aromatic carboxylic acids is 1. The first-order valence-electron chi connectivity index (χ1n) is 7.21. The van der Waals surface area contributed by atoms with Crippen LogP contribution in [-0.2, 0) is 0 Å². The Bertz CT molecular complexity index is 536. The Kier molecular flexibility index (Phi) is 4.67. The van der Waals surface area contributed by atoms with Crippen LogP contribution >= 0.6 is 0 Å². The Balaban J connectivity index is 2.43. The van der Waals surface area contributed by atoms with Gasteiger partial charge in [-0.15, -0.1) is 0 Å². The molecule has 1 aromatic rings. The highest BCUT2D eigenvalue weighted by Crippen LogP contribution is 2.29. The number of nitrogens with two attached hydrogens (primary N) is 1. The van der Waals surface area contributed by atoms with Crippen molar-refractivity contribution in [3.05, 3.63) is 23.5 Å². The van der Waals surface area contributed by atoms with Crippen molar-refractivity contribution in [2.45, 2.75) is 25.8 Å². The predicted octanol–water partition coefficient (Wildman–Crippen LogP) is 2.03. The summed E-state index contributed by atoms with van der Waals surface area (Å²) < 4.78 is 14.3. The monoisotopic (exact) mass is 295 g/mol. The van der Waals surface area contributed by atoms with Gasteiger partial charge in [0.05, 0.1) is 11.3 Å². The maximum Gasteiger partial charge on any atom is 0.337 e. The van der Waals surface area contributed by atoms with Gasteiger partial charge in [0, 0.05) is 24.8 Å². The third-order valence-corrected chi connectivity index (χ3v) is 4.03. The van der Waals surface area contributed by atoms with Gasteiger partial charge in [-0.05, 0) is 38.6 Å². The van der Waals surface area contributed by atoms with Crippen LogP contribution in [0.3, 0.4) is 0 Å². The van der Waals surface area contributed by atoms with E-state index in [1.807, 2.05) is 11.9 Å². The molecule has 1 heterocycles. The number of anilines is 2. The first-order valence-corrected chi connectivity index (χ1v) is 7.21. The Morgan fingerprint density at radius 2 is 2.19 bits per heavy atom. The molecule has 1 unspecified atom stereocenters. The van der Waals surface area contributed by atoms with Gasteiger partial charge in [0.1, 0.15) is 5.82 Å². The van der Waals surface area contributed by atoms with E-state index in [4.69, 9.17) is 5.73 Å². The van der Waals surface area contributed by atoms with Gasteiger partial charge in [-0.1, -0.05) is 6.92 Å². The minimum absolute atomic E-state index is 0.0382. The van der Waals surface area contributed by atoms with E-state index in [1.165, 1.54) is 6.07 Å². The summed E-state index contributed by atoms with van der Waals surface area (Å²) in [7, 11) is 2.05. The van der Waals surface area contributed by atoms with E-state index in [0.717, 1.165) is 32.0 Å². The first kappa shape index (κ1) is 15.6. The molecule has 0 saturated carbocycles. The summed E-state index contributed by atoms with van der Waals surface area (Å²) in [6, 6.07) is 2.64. The molecule has 5 nitrogen and oxygen atoms in total. The molecule has 2 rings (SSSR count). The molecule has 1 aliphatic heterocycles. The molecule has 3 N–H and O–H groups in total. The van der Waals surface area contributed by atoms with Crippen LogP contribution in [0.1, 0.15) is 30.1 Å². The van der Waals surface area contributed by atoms with Crippen LogP contribution in [0.25, 0.3) is 0 Å². The summed E-state index contributed by atoms with van der Waals surface area (Å²) in [5.74, 6) is -1.59. The van der Waals surface area contributed by atoms with Gasteiger partial charge in [-0.25, -0.2) is 9.18 Å². The zero-order chi connectivity index (χ0) is 15.6. The van der Waals surface area contributed by atoms with E-state index in [2.05, 4.69) is 11.8 Å². The number of likely N-dealkylation sites (N-methyl/N-ethyl adjacent to an activating group) is 1. The SMILES string of the molecule is CCC1CN(C)CCCN1c1cc(C(=O)O)c(N)cc1F. The minimum atomic E-state index is -1.13. The molecular formula is C15H22FN3O2. The van der Waals surface area contributed by atoms with Crippen LogP contribution < -0.4 is 10.6 Å². The molecule has 1 fully saturated rings. The maximum atomic E-state index is 14.3. The van der Waals surface area contributed by atoms with Gasteiger partial charge in [0.25, 0.3) is 0 Å². The van der Waals surface area contributed by atoms with Crippen molar-refractivity contribution in [2.75, 3.05) is 37.3 Å². The fourth-order valence-corrected chi connectivity index (χ4v) is 2.89. The van der Waals surface area contributed by atoms with Gasteiger partial charge >= 0.3 is 5.97 Å². The summed E-state index contributed by atoms with van der Waals surface area (Å²) in [5, 5.41) is 9.17. The number of carboxylic acid groups (broad SMARTS) is 1. The standard InChI is InChI=1S/C15H22FN3O2/c1-3-10-9-18(2)5-4-6-19(10)14-7-11(15(20)21)13(17)8-12(14)16/h7-8,10H,3-6,9,17H2,1-2H3,(H,20,21). The lowest BCUT2D eigenvalue weighted by Gasteiger charge is -2.32. The zero-order valence-electron chi connectivity index (χ0n) is 12.5. The van der Waals surface area contributed by atoms with E-state index in [-0.39, 0.29) is 17.3 Å². The number of hydrogen-bond acceptors (Lipinski definition) is 4. The predicted molar refractivity (Wildman–Crippen MR) is 81.3 cm³/mol. The van der Waals surface area contributed by atoms with Crippen molar-refractivity contribution >= 4 is 17.3 Å². The number of carbonyl (C=O) groups is 1. The van der Waals surface area contributed by atoms with Gasteiger partial charge in [0.2, 0.25) is 0 Å². The molecule has 1 aliphatic rings.